The van der Waals surface area contributed by atoms with E-state index in [0.29, 0.717) is 5.92 Å². The number of nitrogens with zero attached hydrogens (tertiary/aromatic N) is 2. The van der Waals surface area contributed by atoms with Gasteiger partial charge in [-0.25, -0.2) is 9.37 Å². The Bertz CT molecular complexity index is 533. The molecule has 1 aromatic heterocycles. The number of imidazole rings is 1. The van der Waals surface area contributed by atoms with Gasteiger partial charge in [0.1, 0.15) is 11.6 Å². The molecule has 4 heteroatoms. The van der Waals surface area contributed by atoms with Gasteiger partial charge in [-0.2, -0.15) is 0 Å². The van der Waals surface area contributed by atoms with E-state index in [9.17, 15) is 4.39 Å². The van der Waals surface area contributed by atoms with Gasteiger partial charge in [0.15, 0.2) is 0 Å². The lowest BCUT2D eigenvalue weighted by Gasteiger charge is -2.09. The third-order valence-corrected chi connectivity index (χ3v) is 3.46. The summed E-state index contributed by atoms with van der Waals surface area (Å²) < 4.78 is 15.2. The van der Waals surface area contributed by atoms with Crippen LogP contribution in [0.2, 0.25) is 0 Å². The Labute approximate surface area is 107 Å². The molecule has 0 bridgehead atoms. The number of nitrogens with two attached hydrogens (primary N) is 1. The van der Waals surface area contributed by atoms with Crippen LogP contribution in [0.15, 0.2) is 18.2 Å². The summed E-state index contributed by atoms with van der Waals surface area (Å²) in [6.45, 7) is 2.93. The summed E-state index contributed by atoms with van der Waals surface area (Å²) in [4.78, 5) is 4.50. The number of aryl methyl sites for hydroxylation is 2. The minimum absolute atomic E-state index is 0.233. The van der Waals surface area contributed by atoms with E-state index in [1.54, 1.807) is 6.07 Å². The van der Waals surface area contributed by atoms with Crippen molar-refractivity contribution in [3.8, 4) is 0 Å². The third-order valence-electron chi connectivity index (χ3n) is 3.46. The highest BCUT2D eigenvalue weighted by atomic mass is 19.1. The van der Waals surface area contributed by atoms with Crippen LogP contribution < -0.4 is 5.73 Å². The maximum absolute atomic E-state index is 13.1. The lowest BCUT2D eigenvalue weighted by atomic mass is 10.0. The van der Waals surface area contributed by atoms with Crippen LogP contribution in [0.4, 0.5) is 4.39 Å². The first-order valence-corrected chi connectivity index (χ1v) is 6.42. The van der Waals surface area contributed by atoms with Gasteiger partial charge in [-0.3, -0.25) is 0 Å². The van der Waals surface area contributed by atoms with Crippen molar-refractivity contribution >= 4 is 11.0 Å². The topological polar surface area (TPSA) is 43.8 Å². The average Bonchev–Trinajstić information content (AvgIpc) is 2.63. The summed E-state index contributed by atoms with van der Waals surface area (Å²) in [7, 11) is 1.98. The predicted octanol–water partition coefficient (Wildman–Crippen LogP) is 2.63. The molecule has 0 aliphatic rings. The summed E-state index contributed by atoms with van der Waals surface area (Å²) in [5.41, 5.74) is 7.26. The van der Waals surface area contributed by atoms with Gasteiger partial charge in [0.25, 0.3) is 0 Å². The molecule has 0 saturated carbocycles. The van der Waals surface area contributed by atoms with Crippen molar-refractivity contribution in [2.24, 2.45) is 18.7 Å². The first kappa shape index (κ1) is 13.0. The number of benzene rings is 1. The smallest absolute Gasteiger partial charge is 0.125 e. The van der Waals surface area contributed by atoms with E-state index in [2.05, 4.69) is 11.9 Å². The standard InChI is InChI=1S/C14H20FN3/c1-10(7-8-16)3-6-14-17-12-9-11(15)4-5-13(12)18(14)2/h4-5,9-10H,3,6-8,16H2,1-2H3. The van der Waals surface area contributed by atoms with Crippen LogP contribution in [0, 0.1) is 11.7 Å². The normalized spacial score (nSPS) is 13.1. The van der Waals surface area contributed by atoms with E-state index in [1.165, 1.54) is 12.1 Å². The maximum Gasteiger partial charge on any atom is 0.125 e. The van der Waals surface area contributed by atoms with Gasteiger partial charge in [0.2, 0.25) is 0 Å². The molecule has 98 valence electrons. The molecule has 2 N–H and O–H groups in total. The lowest BCUT2D eigenvalue weighted by molar-refractivity contribution is 0.490. The van der Waals surface area contributed by atoms with Gasteiger partial charge < -0.3 is 10.3 Å². The highest BCUT2D eigenvalue weighted by Crippen LogP contribution is 2.18. The number of hydrogen-bond donors (Lipinski definition) is 1. The van der Waals surface area contributed by atoms with Gasteiger partial charge >= 0.3 is 0 Å². The quantitative estimate of drug-likeness (QED) is 0.885. The van der Waals surface area contributed by atoms with Crippen LogP contribution in [0.1, 0.15) is 25.6 Å². The van der Waals surface area contributed by atoms with Crippen molar-refractivity contribution in [1.82, 2.24) is 9.55 Å². The molecular formula is C14H20FN3. The average molecular weight is 249 g/mol. The zero-order chi connectivity index (χ0) is 13.1. The summed E-state index contributed by atoms with van der Waals surface area (Å²) in [5.74, 6) is 1.38. The molecule has 0 radical (unpaired) electrons. The molecule has 0 saturated heterocycles. The second-order valence-electron chi connectivity index (χ2n) is 4.94. The molecule has 0 aliphatic carbocycles. The van der Waals surface area contributed by atoms with E-state index in [1.807, 2.05) is 11.6 Å². The minimum Gasteiger partial charge on any atom is -0.331 e. The second kappa shape index (κ2) is 5.48. The first-order chi connectivity index (χ1) is 8.61. The third kappa shape index (κ3) is 2.70. The maximum atomic E-state index is 13.1. The summed E-state index contributed by atoms with van der Waals surface area (Å²) >= 11 is 0. The molecule has 18 heavy (non-hydrogen) atoms. The van der Waals surface area contributed by atoms with Crippen LogP contribution in [0.5, 0.6) is 0 Å². The van der Waals surface area contributed by atoms with Crippen molar-refractivity contribution in [3.05, 3.63) is 29.8 Å². The molecule has 3 nitrogen and oxygen atoms in total. The van der Waals surface area contributed by atoms with Gasteiger partial charge in [0.05, 0.1) is 11.0 Å². The fourth-order valence-electron chi connectivity index (χ4n) is 2.25. The Morgan fingerprint density at radius 2 is 2.17 bits per heavy atom. The predicted molar refractivity (Wildman–Crippen MR) is 71.8 cm³/mol. The van der Waals surface area contributed by atoms with Crippen molar-refractivity contribution < 1.29 is 4.39 Å². The van der Waals surface area contributed by atoms with Crippen molar-refractivity contribution in [2.75, 3.05) is 6.54 Å². The van der Waals surface area contributed by atoms with Crippen molar-refractivity contribution in [1.29, 1.82) is 0 Å². The molecule has 0 spiro atoms. The van der Waals surface area contributed by atoms with E-state index < -0.39 is 0 Å². The minimum atomic E-state index is -0.233. The van der Waals surface area contributed by atoms with Crippen LogP contribution in [-0.4, -0.2) is 16.1 Å². The highest BCUT2D eigenvalue weighted by molar-refractivity contribution is 5.75. The monoisotopic (exact) mass is 249 g/mol. The highest BCUT2D eigenvalue weighted by Gasteiger charge is 2.10. The van der Waals surface area contributed by atoms with Crippen LogP contribution in [-0.2, 0) is 13.5 Å². The number of rotatable bonds is 5. The molecule has 0 amide bonds. The summed E-state index contributed by atoms with van der Waals surface area (Å²) in [6.07, 6.45) is 3.02. The molecule has 1 unspecified atom stereocenters. The first-order valence-electron chi connectivity index (χ1n) is 6.42. The van der Waals surface area contributed by atoms with Gasteiger partial charge in [-0.15, -0.1) is 0 Å². The Morgan fingerprint density at radius 3 is 2.89 bits per heavy atom. The number of fused-ring (bicyclic) bond motifs is 1. The molecule has 2 rings (SSSR count). The van der Waals surface area contributed by atoms with E-state index in [4.69, 9.17) is 5.73 Å². The van der Waals surface area contributed by atoms with Crippen molar-refractivity contribution in [2.45, 2.75) is 26.2 Å². The number of aromatic nitrogens is 2. The number of halogens is 1. The van der Waals surface area contributed by atoms with Crippen LogP contribution in [0.3, 0.4) is 0 Å². The van der Waals surface area contributed by atoms with E-state index in [-0.39, 0.29) is 5.82 Å². The zero-order valence-corrected chi connectivity index (χ0v) is 11.0. The van der Waals surface area contributed by atoms with Crippen LogP contribution in [0.25, 0.3) is 11.0 Å². The Morgan fingerprint density at radius 1 is 1.39 bits per heavy atom. The molecule has 0 fully saturated rings. The summed E-state index contributed by atoms with van der Waals surface area (Å²) in [6, 6.07) is 4.75. The molecule has 1 aromatic carbocycles. The Hall–Kier alpha value is -1.42. The lowest BCUT2D eigenvalue weighted by Crippen LogP contribution is -2.08. The zero-order valence-electron chi connectivity index (χ0n) is 11.0. The molecule has 1 atom stereocenters. The Kier molecular flexibility index (Phi) is 3.97. The fourth-order valence-corrected chi connectivity index (χ4v) is 2.25. The van der Waals surface area contributed by atoms with Gasteiger partial charge in [-0.1, -0.05) is 6.92 Å². The fraction of sp³-hybridized carbons (Fsp3) is 0.500. The van der Waals surface area contributed by atoms with Crippen LogP contribution >= 0.6 is 0 Å². The van der Waals surface area contributed by atoms with Crippen molar-refractivity contribution in [3.63, 3.8) is 0 Å². The van der Waals surface area contributed by atoms with Gasteiger partial charge in [0, 0.05) is 19.5 Å². The molecule has 0 aliphatic heterocycles. The van der Waals surface area contributed by atoms with E-state index in [0.717, 1.165) is 42.7 Å². The SMILES string of the molecule is CC(CCN)CCc1nc2cc(F)ccc2n1C. The summed E-state index contributed by atoms with van der Waals surface area (Å²) in [5, 5.41) is 0. The second-order valence-corrected chi connectivity index (χ2v) is 4.94. The number of hydrogen-bond acceptors (Lipinski definition) is 2. The van der Waals surface area contributed by atoms with E-state index >= 15 is 0 Å². The largest absolute Gasteiger partial charge is 0.331 e. The molecule has 2 aromatic rings. The molecule has 1 heterocycles. The van der Waals surface area contributed by atoms with Gasteiger partial charge in [-0.05, 0) is 37.4 Å². The molecular weight excluding hydrogens is 229 g/mol. The Balaban J connectivity index is 2.16.